The van der Waals surface area contributed by atoms with Crippen molar-refractivity contribution in [2.45, 2.75) is 0 Å². The van der Waals surface area contributed by atoms with E-state index in [-0.39, 0.29) is 0 Å². The molecule has 0 N–H and O–H groups in total. The van der Waals surface area contributed by atoms with Gasteiger partial charge in [0.25, 0.3) is 0 Å². The average Bonchev–Trinajstić information content (AvgIpc) is 3.53. The van der Waals surface area contributed by atoms with Crippen LogP contribution in [0.4, 0.5) is 0 Å². The van der Waals surface area contributed by atoms with Crippen LogP contribution in [0.2, 0.25) is 0 Å². The van der Waals surface area contributed by atoms with Crippen LogP contribution in [0.1, 0.15) is 0 Å². The molecule has 0 spiro atoms. The van der Waals surface area contributed by atoms with Gasteiger partial charge in [0.15, 0.2) is 0 Å². The van der Waals surface area contributed by atoms with Gasteiger partial charge in [0.1, 0.15) is 11.2 Å². The maximum Gasteiger partial charge on any atom is 0.143 e. The predicted octanol–water partition coefficient (Wildman–Crippen LogP) is 10.0. The van der Waals surface area contributed by atoms with E-state index >= 15 is 0 Å². The molecule has 8 rings (SSSR count). The maximum absolute atomic E-state index is 6.31. The van der Waals surface area contributed by atoms with Gasteiger partial charge in [-0.05, 0) is 47.0 Å². The van der Waals surface area contributed by atoms with Crippen molar-refractivity contribution in [3.8, 4) is 27.9 Å². The lowest BCUT2D eigenvalue weighted by Gasteiger charge is -2.10. The fraction of sp³-hybridized carbons (Fsp3) is 0. The third kappa shape index (κ3) is 3.14. The molecule has 2 heterocycles. The smallest absolute Gasteiger partial charge is 0.143 e. The Morgan fingerprint density at radius 3 is 1.97 bits per heavy atom. The van der Waals surface area contributed by atoms with E-state index in [4.69, 9.17) is 4.42 Å². The van der Waals surface area contributed by atoms with Crippen LogP contribution in [-0.4, -0.2) is 4.57 Å². The molecule has 0 atom stereocenters. The highest BCUT2D eigenvalue weighted by atomic mass is 16.3. The summed E-state index contributed by atoms with van der Waals surface area (Å²) in [6.07, 6.45) is 0. The molecule has 2 heteroatoms. The highest BCUT2D eigenvalue weighted by Gasteiger charge is 2.15. The van der Waals surface area contributed by atoms with Crippen molar-refractivity contribution < 1.29 is 4.42 Å². The number of benzene rings is 6. The Bertz CT molecular complexity index is 2110. The van der Waals surface area contributed by atoms with E-state index in [1.165, 1.54) is 32.9 Å². The van der Waals surface area contributed by atoms with Crippen molar-refractivity contribution in [3.05, 3.63) is 140 Å². The van der Waals surface area contributed by atoms with Crippen molar-refractivity contribution in [1.82, 2.24) is 4.57 Å². The van der Waals surface area contributed by atoms with Gasteiger partial charge in [-0.25, -0.2) is 0 Å². The topological polar surface area (TPSA) is 18.1 Å². The zero-order valence-electron chi connectivity index (χ0n) is 20.6. The summed E-state index contributed by atoms with van der Waals surface area (Å²) in [5, 5.41) is 4.83. The van der Waals surface area contributed by atoms with E-state index in [1.807, 2.05) is 12.1 Å². The summed E-state index contributed by atoms with van der Waals surface area (Å²) in [5.74, 6) is 0. The Kier molecular flexibility index (Phi) is 4.55. The highest BCUT2D eigenvalue weighted by Crippen LogP contribution is 2.38. The van der Waals surface area contributed by atoms with Gasteiger partial charge in [-0.2, -0.15) is 0 Å². The Morgan fingerprint density at radius 2 is 1.11 bits per heavy atom. The van der Waals surface area contributed by atoms with Gasteiger partial charge in [-0.1, -0.05) is 109 Å². The molecule has 178 valence electrons. The van der Waals surface area contributed by atoms with E-state index in [0.29, 0.717) is 0 Å². The fourth-order valence-corrected chi connectivity index (χ4v) is 5.82. The van der Waals surface area contributed by atoms with Crippen LogP contribution in [0.3, 0.4) is 0 Å². The zero-order valence-corrected chi connectivity index (χ0v) is 20.6. The third-order valence-corrected chi connectivity index (χ3v) is 7.62. The number of rotatable bonds is 3. The minimum absolute atomic E-state index is 0.922. The number of nitrogens with zero attached hydrogens (tertiary/aromatic N) is 1. The molecule has 38 heavy (non-hydrogen) atoms. The number of para-hydroxylation sites is 3. The van der Waals surface area contributed by atoms with E-state index in [1.54, 1.807) is 0 Å². The molecule has 0 amide bonds. The van der Waals surface area contributed by atoms with Gasteiger partial charge in [0, 0.05) is 32.8 Å². The number of furan rings is 1. The minimum atomic E-state index is 0.922. The van der Waals surface area contributed by atoms with Crippen molar-refractivity contribution in [1.29, 1.82) is 0 Å². The standard InChI is InChI=1S/C36H23NO/c1-2-9-24(10-3-1)26-19-22-30-29-11-4-6-15-33(29)37(34(30)23-26)27-20-17-25(18-21-27)28-13-8-14-32-31-12-5-7-16-35(31)38-36(28)32/h1-23H. The van der Waals surface area contributed by atoms with Gasteiger partial charge in [0.05, 0.1) is 11.0 Å². The molecule has 8 aromatic rings. The molecular weight excluding hydrogens is 462 g/mol. The van der Waals surface area contributed by atoms with Crippen LogP contribution in [0.15, 0.2) is 144 Å². The van der Waals surface area contributed by atoms with Crippen LogP contribution in [0.5, 0.6) is 0 Å². The summed E-state index contributed by atoms with van der Waals surface area (Å²) < 4.78 is 8.68. The van der Waals surface area contributed by atoms with Gasteiger partial charge in [0.2, 0.25) is 0 Å². The van der Waals surface area contributed by atoms with E-state index < -0.39 is 0 Å². The molecule has 0 saturated carbocycles. The summed E-state index contributed by atoms with van der Waals surface area (Å²) in [5.41, 5.74) is 10.1. The molecule has 2 nitrogen and oxygen atoms in total. The summed E-state index contributed by atoms with van der Waals surface area (Å²) in [6.45, 7) is 0. The van der Waals surface area contributed by atoms with Crippen LogP contribution in [0, 0.1) is 0 Å². The van der Waals surface area contributed by atoms with Gasteiger partial charge < -0.3 is 8.98 Å². The quantitative estimate of drug-likeness (QED) is 0.243. The normalized spacial score (nSPS) is 11.7. The molecule has 2 aromatic heterocycles. The van der Waals surface area contributed by atoms with Crippen LogP contribution >= 0.6 is 0 Å². The Morgan fingerprint density at radius 1 is 0.421 bits per heavy atom. The first-order chi connectivity index (χ1) is 18.8. The van der Waals surface area contributed by atoms with Crippen molar-refractivity contribution in [2.24, 2.45) is 0 Å². The first-order valence-corrected chi connectivity index (χ1v) is 12.9. The molecule has 0 aliphatic rings. The molecule has 0 bridgehead atoms. The van der Waals surface area contributed by atoms with E-state index in [9.17, 15) is 0 Å². The monoisotopic (exact) mass is 485 g/mol. The Labute approximate surface area is 220 Å². The van der Waals surface area contributed by atoms with Crippen LogP contribution < -0.4 is 0 Å². The summed E-state index contributed by atoms with van der Waals surface area (Å²) in [7, 11) is 0. The van der Waals surface area contributed by atoms with Gasteiger partial charge >= 0.3 is 0 Å². The summed E-state index contributed by atoms with van der Waals surface area (Å²) in [4.78, 5) is 0. The van der Waals surface area contributed by atoms with Crippen molar-refractivity contribution >= 4 is 43.7 Å². The molecule has 0 radical (unpaired) electrons. The predicted molar refractivity (Wildman–Crippen MR) is 159 cm³/mol. The third-order valence-electron chi connectivity index (χ3n) is 7.62. The zero-order chi connectivity index (χ0) is 25.1. The SMILES string of the molecule is c1ccc(-c2ccc3c4ccccc4n(-c4ccc(-c5cccc6c5oc5ccccc56)cc4)c3c2)cc1. The lowest BCUT2D eigenvalue weighted by molar-refractivity contribution is 0.670. The van der Waals surface area contributed by atoms with Crippen LogP contribution in [-0.2, 0) is 0 Å². The van der Waals surface area contributed by atoms with Gasteiger partial charge in [-0.15, -0.1) is 0 Å². The average molecular weight is 486 g/mol. The van der Waals surface area contributed by atoms with E-state index in [2.05, 4.69) is 132 Å². The second-order valence-corrected chi connectivity index (χ2v) is 9.78. The minimum Gasteiger partial charge on any atom is -0.455 e. The molecule has 0 aliphatic heterocycles. The largest absolute Gasteiger partial charge is 0.455 e. The van der Waals surface area contributed by atoms with Crippen molar-refractivity contribution in [2.75, 3.05) is 0 Å². The lowest BCUT2D eigenvalue weighted by atomic mass is 10.0. The van der Waals surface area contributed by atoms with Crippen LogP contribution in [0.25, 0.3) is 71.7 Å². The fourth-order valence-electron chi connectivity index (χ4n) is 5.82. The number of aromatic nitrogens is 1. The summed E-state index contributed by atoms with van der Waals surface area (Å²) >= 11 is 0. The number of fused-ring (bicyclic) bond motifs is 6. The number of hydrogen-bond donors (Lipinski definition) is 0. The Hall–Kier alpha value is -5.08. The molecule has 6 aromatic carbocycles. The molecule has 0 fully saturated rings. The second kappa shape index (κ2) is 8.22. The second-order valence-electron chi connectivity index (χ2n) is 9.78. The first-order valence-electron chi connectivity index (χ1n) is 12.9. The van der Waals surface area contributed by atoms with Gasteiger partial charge in [-0.3, -0.25) is 0 Å². The lowest BCUT2D eigenvalue weighted by Crippen LogP contribution is -1.94. The molecule has 0 saturated heterocycles. The highest BCUT2D eigenvalue weighted by molar-refractivity contribution is 6.11. The maximum atomic E-state index is 6.31. The summed E-state index contributed by atoms with van der Waals surface area (Å²) in [6, 6.07) is 49.5. The Balaban J connectivity index is 1.31. The molecular formula is C36H23NO. The number of hydrogen-bond acceptors (Lipinski definition) is 1. The van der Waals surface area contributed by atoms with Crippen molar-refractivity contribution in [3.63, 3.8) is 0 Å². The molecule has 0 aliphatic carbocycles. The first kappa shape index (κ1) is 21.0. The molecule has 0 unspecified atom stereocenters. The van der Waals surface area contributed by atoms with E-state index in [0.717, 1.165) is 38.8 Å².